The zero-order chi connectivity index (χ0) is 18.0. The molecule has 0 unspecified atom stereocenters. The molecule has 0 aliphatic heterocycles. The number of aromatic carboxylic acids is 1. The highest BCUT2D eigenvalue weighted by atomic mass is 35.5. The second-order valence-corrected chi connectivity index (χ2v) is 5.62. The zero-order valence-electron chi connectivity index (χ0n) is 13.3. The molecule has 2 heterocycles. The number of benzene rings is 1. The van der Waals surface area contributed by atoms with Gasteiger partial charge in [-0.3, -0.25) is 9.36 Å². The van der Waals surface area contributed by atoms with Crippen LogP contribution < -0.4 is 5.56 Å². The van der Waals surface area contributed by atoms with Crippen molar-refractivity contribution in [3.63, 3.8) is 0 Å². The number of methoxy groups -OCH3 is 1. The predicted octanol–water partition coefficient (Wildman–Crippen LogP) is 2.46. The fourth-order valence-corrected chi connectivity index (χ4v) is 2.79. The van der Waals surface area contributed by atoms with E-state index >= 15 is 0 Å². The molecule has 0 amide bonds. The Balaban J connectivity index is 2.33. The van der Waals surface area contributed by atoms with Crippen molar-refractivity contribution in [1.29, 1.82) is 0 Å². The van der Waals surface area contributed by atoms with E-state index in [2.05, 4.69) is 9.97 Å². The molecule has 0 bridgehead atoms. The summed E-state index contributed by atoms with van der Waals surface area (Å²) in [7, 11) is 1.49. The van der Waals surface area contributed by atoms with Gasteiger partial charge in [-0.05, 0) is 0 Å². The van der Waals surface area contributed by atoms with Gasteiger partial charge in [-0.1, -0.05) is 41.9 Å². The fraction of sp³-hybridized carbons (Fsp3) is 0.176. The van der Waals surface area contributed by atoms with E-state index in [1.807, 2.05) is 30.3 Å². The van der Waals surface area contributed by atoms with Crippen molar-refractivity contribution in [3.8, 4) is 11.4 Å². The molecular weight excluding hydrogens is 346 g/mol. The molecule has 7 nitrogen and oxygen atoms in total. The van der Waals surface area contributed by atoms with E-state index in [1.54, 1.807) is 0 Å². The smallest absolute Gasteiger partial charge is 0.342 e. The molecule has 3 rings (SSSR count). The number of aromatic nitrogens is 3. The molecule has 0 spiro atoms. The fourth-order valence-electron chi connectivity index (χ4n) is 2.49. The lowest BCUT2D eigenvalue weighted by Gasteiger charge is -2.13. The lowest BCUT2D eigenvalue weighted by Crippen LogP contribution is -2.29. The van der Waals surface area contributed by atoms with Crippen LogP contribution in [0, 0.1) is 0 Å². The molecule has 8 heteroatoms. The van der Waals surface area contributed by atoms with E-state index in [4.69, 9.17) is 16.3 Å². The van der Waals surface area contributed by atoms with Gasteiger partial charge in [0, 0.05) is 18.9 Å². The van der Waals surface area contributed by atoms with Gasteiger partial charge >= 0.3 is 5.97 Å². The van der Waals surface area contributed by atoms with Gasteiger partial charge < -0.3 is 9.84 Å². The number of halogens is 1. The summed E-state index contributed by atoms with van der Waals surface area (Å²) in [6, 6.07) is 9.25. The molecule has 0 radical (unpaired) electrons. The van der Waals surface area contributed by atoms with Gasteiger partial charge in [-0.2, -0.15) is 0 Å². The normalized spacial score (nSPS) is 11.0. The van der Waals surface area contributed by atoms with Crippen LogP contribution >= 0.6 is 11.6 Å². The first kappa shape index (κ1) is 17.1. The van der Waals surface area contributed by atoms with Crippen molar-refractivity contribution in [1.82, 2.24) is 14.5 Å². The highest BCUT2D eigenvalue weighted by Crippen LogP contribution is 2.25. The first-order chi connectivity index (χ1) is 12.0. The van der Waals surface area contributed by atoms with Gasteiger partial charge in [0.15, 0.2) is 5.82 Å². The van der Waals surface area contributed by atoms with Crippen LogP contribution in [-0.4, -0.2) is 39.3 Å². The second-order valence-electron chi connectivity index (χ2n) is 5.24. The largest absolute Gasteiger partial charge is 0.477 e. The summed E-state index contributed by atoms with van der Waals surface area (Å²) >= 11 is 6.14. The number of hydrogen-bond acceptors (Lipinski definition) is 5. The van der Waals surface area contributed by atoms with Crippen molar-refractivity contribution >= 4 is 28.6 Å². The monoisotopic (exact) mass is 359 g/mol. The van der Waals surface area contributed by atoms with E-state index in [9.17, 15) is 14.7 Å². The van der Waals surface area contributed by atoms with Crippen LogP contribution in [0.4, 0.5) is 0 Å². The summed E-state index contributed by atoms with van der Waals surface area (Å²) in [5.41, 5.74) is -0.180. The lowest BCUT2D eigenvalue weighted by molar-refractivity contribution is 0.0694. The first-order valence-corrected chi connectivity index (χ1v) is 7.79. The van der Waals surface area contributed by atoms with Gasteiger partial charge in [0.25, 0.3) is 5.56 Å². The zero-order valence-corrected chi connectivity index (χ0v) is 14.0. The van der Waals surface area contributed by atoms with Crippen molar-refractivity contribution < 1.29 is 14.6 Å². The predicted molar refractivity (Wildman–Crippen MR) is 93.1 cm³/mol. The number of rotatable bonds is 5. The van der Waals surface area contributed by atoms with Crippen LogP contribution in [0.5, 0.6) is 0 Å². The topological polar surface area (TPSA) is 94.3 Å². The Morgan fingerprint density at radius 1 is 1.32 bits per heavy atom. The number of fused-ring (bicyclic) bond motifs is 1. The van der Waals surface area contributed by atoms with Crippen LogP contribution in [0.1, 0.15) is 10.4 Å². The third kappa shape index (κ3) is 3.11. The Morgan fingerprint density at radius 2 is 2.04 bits per heavy atom. The standard InChI is InChI=1S/C17H14ClN3O4/c1-25-8-7-21-15-11(13(18)12(16(21)22)17(23)24)9-19-14(20-15)10-5-3-2-4-6-10/h2-6,9H,7-8H2,1H3,(H,23,24). The van der Waals surface area contributed by atoms with Gasteiger partial charge in [0.05, 0.1) is 23.6 Å². The molecular formula is C17H14ClN3O4. The molecule has 0 atom stereocenters. The van der Waals surface area contributed by atoms with Gasteiger partial charge in [-0.25, -0.2) is 14.8 Å². The molecule has 25 heavy (non-hydrogen) atoms. The summed E-state index contributed by atoms with van der Waals surface area (Å²) in [6.45, 7) is 0.370. The van der Waals surface area contributed by atoms with Crippen LogP contribution in [0.15, 0.2) is 41.3 Å². The van der Waals surface area contributed by atoms with Crippen LogP contribution in [0.25, 0.3) is 22.4 Å². The Kier molecular flexibility index (Phi) is 4.78. The van der Waals surface area contributed by atoms with Gasteiger partial charge in [0.2, 0.25) is 0 Å². The molecule has 0 saturated heterocycles. The third-order valence-corrected chi connectivity index (χ3v) is 4.10. The maximum Gasteiger partial charge on any atom is 0.342 e. The number of carboxylic acids is 1. The second kappa shape index (κ2) is 7.00. The van der Waals surface area contributed by atoms with E-state index in [1.165, 1.54) is 17.9 Å². The number of carboxylic acid groups (broad SMARTS) is 1. The molecule has 0 aliphatic rings. The summed E-state index contributed by atoms with van der Waals surface area (Å²) in [5, 5.41) is 9.45. The maximum absolute atomic E-state index is 12.6. The number of carbonyl (C=O) groups is 1. The highest BCUT2D eigenvalue weighted by molar-refractivity contribution is 6.38. The quantitative estimate of drug-likeness (QED) is 0.752. The number of ether oxygens (including phenoxy) is 1. The van der Waals surface area contributed by atoms with Crippen LogP contribution in [-0.2, 0) is 11.3 Å². The van der Waals surface area contributed by atoms with Crippen molar-refractivity contribution in [3.05, 3.63) is 57.5 Å². The van der Waals surface area contributed by atoms with E-state index in [-0.39, 0.29) is 23.8 Å². The van der Waals surface area contributed by atoms with Gasteiger partial charge in [-0.15, -0.1) is 0 Å². The average Bonchev–Trinajstić information content (AvgIpc) is 2.61. The Labute approximate surface area is 147 Å². The molecule has 2 aromatic heterocycles. The molecule has 0 aliphatic carbocycles. The summed E-state index contributed by atoms with van der Waals surface area (Å²) in [4.78, 5) is 32.7. The molecule has 1 aromatic carbocycles. The molecule has 0 fully saturated rings. The Hall–Kier alpha value is -2.77. The minimum absolute atomic E-state index is 0.147. The average molecular weight is 360 g/mol. The summed E-state index contributed by atoms with van der Waals surface area (Å²) < 4.78 is 6.26. The highest BCUT2D eigenvalue weighted by Gasteiger charge is 2.22. The Bertz CT molecular complexity index is 1000. The van der Waals surface area contributed by atoms with Crippen LogP contribution in [0.2, 0.25) is 5.02 Å². The van der Waals surface area contributed by atoms with E-state index in [0.29, 0.717) is 11.2 Å². The molecule has 0 saturated carbocycles. The summed E-state index contributed by atoms with van der Waals surface area (Å²) in [5.74, 6) is -0.979. The van der Waals surface area contributed by atoms with E-state index < -0.39 is 17.1 Å². The lowest BCUT2D eigenvalue weighted by atomic mass is 10.2. The molecule has 1 N–H and O–H groups in total. The SMILES string of the molecule is COCCn1c(=O)c(C(=O)O)c(Cl)c2cnc(-c3ccccc3)nc21. The van der Waals surface area contributed by atoms with E-state index in [0.717, 1.165) is 5.56 Å². The first-order valence-electron chi connectivity index (χ1n) is 7.41. The minimum atomic E-state index is -1.39. The minimum Gasteiger partial charge on any atom is -0.477 e. The van der Waals surface area contributed by atoms with Crippen molar-refractivity contribution in [2.75, 3.05) is 13.7 Å². The number of pyridine rings is 1. The number of nitrogens with zero attached hydrogens (tertiary/aromatic N) is 3. The van der Waals surface area contributed by atoms with Crippen LogP contribution in [0.3, 0.4) is 0 Å². The maximum atomic E-state index is 12.6. The number of hydrogen-bond donors (Lipinski definition) is 1. The summed E-state index contributed by atoms with van der Waals surface area (Å²) in [6.07, 6.45) is 1.43. The molecule has 128 valence electrons. The van der Waals surface area contributed by atoms with Gasteiger partial charge in [0.1, 0.15) is 11.2 Å². The third-order valence-electron chi connectivity index (χ3n) is 3.70. The van der Waals surface area contributed by atoms with Crippen molar-refractivity contribution in [2.24, 2.45) is 0 Å². The molecule has 3 aromatic rings. The van der Waals surface area contributed by atoms with Crippen molar-refractivity contribution in [2.45, 2.75) is 6.54 Å². The Morgan fingerprint density at radius 3 is 2.68 bits per heavy atom.